The van der Waals surface area contributed by atoms with Crippen LogP contribution in [0, 0.1) is 0 Å². The molecule has 0 saturated carbocycles. The second kappa shape index (κ2) is 16.6. The SMILES string of the molecule is CC(=O)OC(Cc1ccccc1)c1nc(Cl)cc(-c2nn(C3CCCCO3)c3ccc(OC(C)CCNC(=O)OCc4ccccc4)cc23)n1. The average Bonchev–Trinajstić information content (AvgIpc) is 3.50. The van der Waals surface area contributed by atoms with Gasteiger partial charge in [0.25, 0.3) is 0 Å². The fraction of sp³-hybridized carbons (Fsp3) is 0.342. The van der Waals surface area contributed by atoms with Crippen LogP contribution >= 0.6 is 11.6 Å². The fourth-order valence-corrected chi connectivity index (χ4v) is 6.07. The summed E-state index contributed by atoms with van der Waals surface area (Å²) in [7, 11) is 0. The Morgan fingerprint density at radius 2 is 1.76 bits per heavy atom. The van der Waals surface area contributed by atoms with Gasteiger partial charge in [-0.15, -0.1) is 0 Å². The lowest BCUT2D eigenvalue weighted by Crippen LogP contribution is -2.28. The third-order valence-corrected chi connectivity index (χ3v) is 8.48. The van der Waals surface area contributed by atoms with E-state index in [1.165, 1.54) is 6.92 Å². The van der Waals surface area contributed by atoms with Gasteiger partial charge < -0.3 is 24.3 Å². The van der Waals surface area contributed by atoms with E-state index in [-0.39, 0.29) is 29.9 Å². The summed E-state index contributed by atoms with van der Waals surface area (Å²) in [5.74, 6) is 0.457. The van der Waals surface area contributed by atoms with Crippen LogP contribution in [0.4, 0.5) is 4.79 Å². The van der Waals surface area contributed by atoms with Crippen molar-refractivity contribution < 1.29 is 28.5 Å². The number of esters is 1. The Morgan fingerprint density at radius 1 is 1.00 bits per heavy atom. The van der Waals surface area contributed by atoms with Crippen molar-refractivity contribution in [2.45, 2.75) is 71.0 Å². The summed E-state index contributed by atoms with van der Waals surface area (Å²) >= 11 is 6.60. The Bertz CT molecular complexity index is 1900. The largest absolute Gasteiger partial charge is 0.491 e. The molecule has 1 aliphatic heterocycles. The minimum Gasteiger partial charge on any atom is -0.491 e. The van der Waals surface area contributed by atoms with Crippen LogP contribution in [-0.4, -0.2) is 51.1 Å². The second-order valence-corrected chi connectivity index (χ2v) is 12.6. The highest BCUT2D eigenvalue weighted by molar-refractivity contribution is 6.29. The number of alkyl carbamates (subject to hydrolysis) is 1. The lowest BCUT2D eigenvalue weighted by atomic mass is 10.1. The zero-order valence-corrected chi connectivity index (χ0v) is 28.8. The Balaban J connectivity index is 1.23. The molecular formula is C38H40ClN5O6. The van der Waals surface area contributed by atoms with Gasteiger partial charge in [0.15, 0.2) is 18.2 Å². The van der Waals surface area contributed by atoms with Crippen LogP contribution in [0.15, 0.2) is 84.9 Å². The molecule has 1 saturated heterocycles. The van der Waals surface area contributed by atoms with Crippen molar-refractivity contribution in [1.82, 2.24) is 25.1 Å². The van der Waals surface area contributed by atoms with Gasteiger partial charge in [0.2, 0.25) is 0 Å². The van der Waals surface area contributed by atoms with Crippen molar-refractivity contribution in [2.75, 3.05) is 13.2 Å². The van der Waals surface area contributed by atoms with Crippen molar-refractivity contribution in [2.24, 2.45) is 0 Å². The van der Waals surface area contributed by atoms with Crippen LogP contribution in [0.25, 0.3) is 22.3 Å². The van der Waals surface area contributed by atoms with Gasteiger partial charge in [-0.05, 0) is 55.5 Å². The van der Waals surface area contributed by atoms with E-state index in [2.05, 4.69) is 10.3 Å². The molecule has 3 heterocycles. The number of nitrogens with one attached hydrogen (secondary N) is 1. The van der Waals surface area contributed by atoms with Crippen LogP contribution < -0.4 is 10.1 Å². The zero-order chi connectivity index (χ0) is 34.9. The third-order valence-electron chi connectivity index (χ3n) is 8.29. The van der Waals surface area contributed by atoms with E-state index in [9.17, 15) is 9.59 Å². The van der Waals surface area contributed by atoms with Crippen LogP contribution in [0.2, 0.25) is 5.15 Å². The van der Waals surface area contributed by atoms with E-state index in [0.717, 1.165) is 41.3 Å². The lowest BCUT2D eigenvalue weighted by molar-refractivity contribution is -0.147. The van der Waals surface area contributed by atoms with Crippen LogP contribution in [-0.2, 0) is 32.0 Å². The van der Waals surface area contributed by atoms with E-state index >= 15 is 0 Å². The van der Waals surface area contributed by atoms with E-state index < -0.39 is 18.2 Å². The Morgan fingerprint density at radius 3 is 2.48 bits per heavy atom. The topological polar surface area (TPSA) is 127 Å². The predicted molar refractivity (Wildman–Crippen MR) is 189 cm³/mol. The quantitative estimate of drug-likeness (QED) is 0.0969. The number of hydrogen-bond donors (Lipinski definition) is 1. The van der Waals surface area contributed by atoms with Gasteiger partial charge in [-0.25, -0.2) is 19.4 Å². The second-order valence-electron chi connectivity index (χ2n) is 12.2. The number of hydrogen-bond acceptors (Lipinski definition) is 9. The van der Waals surface area contributed by atoms with Crippen LogP contribution in [0.3, 0.4) is 0 Å². The Labute approximate surface area is 295 Å². The number of rotatable bonds is 13. The first-order valence-electron chi connectivity index (χ1n) is 16.8. The molecule has 0 spiro atoms. The molecule has 3 unspecified atom stereocenters. The maximum absolute atomic E-state index is 12.2. The van der Waals surface area contributed by atoms with E-state index in [4.69, 9.17) is 40.6 Å². The predicted octanol–water partition coefficient (Wildman–Crippen LogP) is 7.78. The summed E-state index contributed by atoms with van der Waals surface area (Å²) in [6.45, 7) is 4.55. The van der Waals surface area contributed by atoms with Gasteiger partial charge in [-0.3, -0.25) is 4.79 Å². The number of halogens is 1. The summed E-state index contributed by atoms with van der Waals surface area (Å²) in [4.78, 5) is 33.7. The highest BCUT2D eigenvalue weighted by Crippen LogP contribution is 2.36. The summed E-state index contributed by atoms with van der Waals surface area (Å²) in [5.41, 5.74) is 3.79. The number of carbonyl (C=O) groups excluding carboxylic acids is 2. The van der Waals surface area contributed by atoms with E-state index in [1.807, 2.05) is 90.5 Å². The summed E-state index contributed by atoms with van der Waals surface area (Å²) in [5, 5.41) is 8.79. The Kier molecular flexibility index (Phi) is 11.6. The molecule has 3 atom stereocenters. The van der Waals surface area contributed by atoms with E-state index in [1.54, 1.807) is 6.07 Å². The normalized spacial score (nSPS) is 15.6. The van der Waals surface area contributed by atoms with Crippen LogP contribution in [0.1, 0.15) is 68.8 Å². The first kappa shape index (κ1) is 34.8. The highest BCUT2D eigenvalue weighted by Gasteiger charge is 2.26. The minimum atomic E-state index is -0.758. The molecule has 5 aromatic rings. The van der Waals surface area contributed by atoms with Gasteiger partial charge in [0.05, 0.1) is 17.3 Å². The molecule has 1 fully saturated rings. The molecule has 1 amide bonds. The minimum absolute atomic E-state index is 0.197. The van der Waals surface area contributed by atoms with Crippen LogP contribution in [0.5, 0.6) is 5.75 Å². The number of amides is 1. The average molecular weight is 698 g/mol. The van der Waals surface area contributed by atoms with Crippen molar-refractivity contribution in [3.05, 3.63) is 107 Å². The number of nitrogens with zero attached hydrogens (tertiary/aromatic N) is 4. The molecule has 2 aromatic heterocycles. The number of benzene rings is 3. The molecule has 1 N–H and O–H groups in total. The maximum Gasteiger partial charge on any atom is 0.407 e. The molecule has 6 rings (SSSR count). The number of fused-ring (bicyclic) bond motifs is 1. The molecule has 0 radical (unpaired) electrons. The molecule has 12 heteroatoms. The summed E-state index contributed by atoms with van der Waals surface area (Å²) in [6, 6.07) is 26.7. The lowest BCUT2D eigenvalue weighted by Gasteiger charge is -2.23. The first-order chi connectivity index (χ1) is 24.3. The van der Waals surface area contributed by atoms with Crippen molar-refractivity contribution in [3.8, 4) is 17.1 Å². The molecule has 0 bridgehead atoms. The molecule has 1 aliphatic rings. The number of carbonyl (C=O) groups is 2. The number of aromatic nitrogens is 4. The third kappa shape index (κ3) is 9.16. The van der Waals surface area contributed by atoms with Crippen molar-refractivity contribution >= 4 is 34.6 Å². The summed E-state index contributed by atoms with van der Waals surface area (Å²) in [6.07, 6.45) is 2.10. The maximum atomic E-state index is 12.2. The molecule has 50 heavy (non-hydrogen) atoms. The zero-order valence-electron chi connectivity index (χ0n) is 28.1. The fourth-order valence-electron chi connectivity index (χ4n) is 5.88. The van der Waals surface area contributed by atoms with Gasteiger partial charge in [0, 0.05) is 44.4 Å². The van der Waals surface area contributed by atoms with Gasteiger partial charge in [0.1, 0.15) is 23.2 Å². The van der Waals surface area contributed by atoms with Crippen molar-refractivity contribution in [3.63, 3.8) is 0 Å². The highest BCUT2D eigenvalue weighted by atomic mass is 35.5. The Hall–Kier alpha value is -5.00. The molecule has 0 aliphatic carbocycles. The van der Waals surface area contributed by atoms with E-state index in [0.29, 0.717) is 43.1 Å². The summed E-state index contributed by atoms with van der Waals surface area (Å²) < 4.78 is 25.3. The molecular weight excluding hydrogens is 658 g/mol. The first-order valence-corrected chi connectivity index (χ1v) is 17.2. The van der Waals surface area contributed by atoms with Gasteiger partial charge in [-0.2, -0.15) is 5.10 Å². The molecule has 3 aromatic carbocycles. The molecule has 11 nitrogen and oxygen atoms in total. The van der Waals surface area contributed by atoms with Gasteiger partial charge in [-0.1, -0.05) is 72.3 Å². The molecule has 260 valence electrons. The number of ether oxygens (including phenoxy) is 4. The standard InChI is InChI=1S/C38H40ClN5O6/c1-25(18-19-40-38(46)48-24-28-13-7-4-8-14-28)49-29-16-17-32-30(22-29)36(43-44(32)35-15-9-10-20-47-35)31-23-34(39)42-37(41-31)33(50-26(2)45)21-27-11-5-3-6-12-27/h3-8,11-14,16-17,22-23,25,33,35H,9-10,15,18-21,24H2,1-2H3,(H,40,46). The van der Waals surface area contributed by atoms with Gasteiger partial charge >= 0.3 is 12.1 Å². The smallest absolute Gasteiger partial charge is 0.407 e. The van der Waals surface area contributed by atoms with Crippen molar-refractivity contribution in [1.29, 1.82) is 0 Å². The monoisotopic (exact) mass is 697 g/mol.